The Morgan fingerprint density at radius 2 is 1.85 bits per heavy atom. The second-order valence-electron chi connectivity index (χ2n) is 5.54. The van der Waals surface area contributed by atoms with E-state index in [1.807, 2.05) is 38.1 Å². The van der Waals surface area contributed by atoms with Crippen molar-refractivity contribution in [1.82, 2.24) is 5.43 Å². The lowest BCUT2D eigenvalue weighted by atomic mass is 10.1. The van der Waals surface area contributed by atoms with Crippen molar-refractivity contribution >= 4 is 34.7 Å². The fourth-order valence-corrected chi connectivity index (χ4v) is 3.23. The predicted molar refractivity (Wildman–Crippen MR) is 109 cm³/mol. The largest absolute Gasteiger partial charge is 0.493 e. The fourth-order valence-electron chi connectivity index (χ4n) is 2.39. The number of benzene rings is 2. The zero-order valence-corrected chi connectivity index (χ0v) is 17.3. The number of aryl methyl sites for hydroxylation is 2. The molecule has 0 aliphatic rings. The van der Waals surface area contributed by atoms with Crippen LogP contribution in [0.4, 0.5) is 0 Å². The maximum atomic E-state index is 11.9. The summed E-state index contributed by atoms with van der Waals surface area (Å²) in [5.74, 6) is 1.65. The number of para-hydroxylation sites is 1. The average molecular weight is 468 g/mol. The zero-order valence-electron chi connectivity index (χ0n) is 15.1. The molecule has 0 bridgehead atoms. The van der Waals surface area contributed by atoms with E-state index in [1.165, 1.54) is 0 Å². The van der Waals surface area contributed by atoms with Crippen LogP contribution in [0.5, 0.6) is 17.2 Å². The lowest BCUT2D eigenvalue weighted by Gasteiger charge is -2.11. The molecule has 0 aliphatic heterocycles. The Hall–Kier alpha value is -2.29. The standard InChI is InChI=1S/C19H21IN2O4/c1-12-6-5-7-13(2)18(12)26-11-17(23)22-21-10-14-8-15(20)19(25-4)16(9-14)24-3/h5-10H,11H2,1-4H3,(H,22,23). The van der Waals surface area contributed by atoms with Crippen LogP contribution in [0.2, 0.25) is 0 Å². The Balaban J connectivity index is 1.96. The van der Waals surface area contributed by atoms with Gasteiger partial charge in [0.15, 0.2) is 18.1 Å². The molecule has 0 radical (unpaired) electrons. The van der Waals surface area contributed by atoms with E-state index in [-0.39, 0.29) is 12.5 Å². The molecule has 2 aromatic rings. The van der Waals surface area contributed by atoms with Crippen molar-refractivity contribution in [3.8, 4) is 17.2 Å². The zero-order chi connectivity index (χ0) is 19.1. The summed E-state index contributed by atoms with van der Waals surface area (Å²) in [4.78, 5) is 11.9. The maximum Gasteiger partial charge on any atom is 0.277 e. The molecule has 0 heterocycles. The molecule has 0 spiro atoms. The molecule has 1 amide bonds. The van der Waals surface area contributed by atoms with Crippen LogP contribution in [0.25, 0.3) is 0 Å². The Labute approximate surface area is 166 Å². The van der Waals surface area contributed by atoms with Crippen LogP contribution in [0.15, 0.2) is 35.4 Å². The first-order chi connectivity index (χ1) is 12.5. The van der Waals surface area contributed by atoms with Gasteiger partial charge in [-0.1, -0.05) is 18.2 Å². The number of carbonyl (C=O) groups is 1. The second kappa shape index (κ2) is 9.42. The van der Waals surface area contributed by atoms with Gasteiger partial charge in [-0.25, -0.2) is 5.43 Å². The third kappa shape index (κ3) is 5.10. The van der Waals surface area contributed by atoms with E-state index in [1.54, 1.807) is 26.5 Å². The van der Waals surface area contributed by atoms with Gasteiger partial charge in [-0.05, 0) is 65.3 Å². The summed E-state index contributed by atoms with van der Waals surface area (Å²) >= 11 is 2.15. The molecule has 0 saturated heterocycles. The van der Waals surface area contributed by atoms with E-state index in [0.29, 0.717) is 11.5 Å². The van der Waals surface area contributed by atoms with E-state index >= 15 is 0 Å². The van der Waals surface area contributed by atoms with Gasteiger partial charge in [-0.3, -0.25) is 4.79 Å². The highest BCUT2D eigenvalue weighted by atomic mass is 127. The Bertz CT molecular complexity index is 801. The van der Waals surface area contributed by atoms with Crippen molar-refractivity contribution in [3.63, 3.8) is 0 Å². The molecule has 138 valence electrons. The van der Waals surface area contributed by atoms with E-state index in [2.05, 4.69) is 33.1 Å². The SMILES string of the molecule is COc1cc(C=NNC(=O)COc2c(C)cccc2C)cc(I)c1OC. The van der Waals surface area contributed by atoms with Gasteiger partial charge < -0.3 is 14.2 Å². The minimum atomic E-state index is -0.334. The van der Waals surface area contributed by atoms with Gasteiger partial charge in [0.1, 0.15) is 5.75 Å². The van der Waals surface area contributed by atoms with Gasteiger partial charge in [0.25, 0.3) is 5.91 Å². The number of nitrogens with one attached hydrogen (secondary N) is 1. The van der Waals surface area contributed by atoms with Gasteiger partial charge in [0, 0.05) is 0 Å². The van der Waals surface area contributed by atoms with Crippen molar-refractivity contribution < 1.29 is 19.0 Å². The summed E-state index contributed by atoms with van der Waals surface area (Å²) in [7, 11) is 3.16. The van der Waals surface area contributed by atoms with Crippen LogP contribution < -0.4 is 19.6 Å². The topological polar surface area (TPSA) is 69.2 Å². The molecule has 1 N–H and O–H groups in total. The maximum absolute atomic E-state index is 11.9. The van der Waals surface area contributed by atoms with Gasteiger partial charge in [-0.15, -0.1) is 0 Å². The molecule has 6 nitrogen and oxygen atoms in total. The molecule has 0 aliphatic carbocycles. The van der Waals surface area contributed by atoms with Crippen LogP contribution in [0, 0.1) is 17.4 Å². The quantitative estimate of drug-likeness (QED) is 0.384. The number of methoxy groups -OCH3 is 2. The number of nitrogens with zero attached hydrogens (tertiary/aromatic N) is 1. The molecule has 0 aromatic heterocycles. The van der Waals surface area contributed by atoms with Crippen LogP contribution in [0.3, 0.4) is 0 Å². The van der Waals surface area contributed by atoms with Gasteiger partial charge in [0.2, 0.25) is 0 Å². The van der Waals surface area contributed by atoms with Crippen LogP contribution in [0.1, 0.15) is 16.7 Å². The van der Waals surface area contributed by atoms with Crippen molar-refractivity contribution in [2.24, 2.45) is 5.10 Å². The highest BCUT2D eigenvalue weighted by molar-refractivity contribution is 14.1. The number of amides is 1. The number of hydrogen-bond donors (Lipinski definition) is 1. The van der Waals surface area contributed by atoms with Gasteiger partial charge >= 0.3 is 0 Å². The summed E-state index contributed by atoms with van der Waals surface area (Å²) in [6.45, 7) is 3.78. The van der Waals surface area contributed by atoms with Crippen molar-refractivity contribution in [1.29, 1.82) is 0 Å². The molecule has 2 aromatic carbocycles. The van der Waals surface area contributed by atoms with Crippen molar-refractivity contribution in [3.05, 3.63) is 50.6 Å². The summed E-state index contributed by atoms with van der Waals surface area (Å²) in [5.41, 5.74) is 5.21. The monoisotopic (exact) mass is 468 g/mol. The van der Waals surface area contributed by atoms with Crippen LogP contribution in [-0.4, -0.2) is 32.9 Å². The van der Waals surface area contributed by atoms with E-state index in [4.69, 9.17) is 14.2 Å². The molecule has 0 saturated carbocycles. The second-order valence-corrected chi connectivity index (χ2v) is 6.70. The van der Waals surface area contributed by atoms with Crippen molar-refractivity contribution in [2.45, 2.75) is 13.8 Å². The normalized spacial score (nSPS) is 10.7. The van der Waals surface area contributed by atoms with Crippen LogP contribution in [-0.2, 0) is 4.79 Å². The smallest absolute Gasteiger partial charge is 0.277 e. The first-order valence-electron chi connectivity index (χ1n) is 7.88. The van der Waals surface area contributed by atoms with E-state index in [9.17, 15) is 4.79 Å². The van der Waals surface area contributed by atoms with Gasteiger partial charge in [-0.2, -0.15) is 5.10 Å². The number of ether oxygens (including phenoxy) is 3. The number of carbonyl (C=O) groups excluding carboxylic acids is 1. The lowest BCUT2D eigenvalue weighted by molar-refractivity contribution is -0.123. The molecular formula is C19H21IN2O4. The molecule has 0 atom stereocenters. The highest BCUT2D eigenvalue weighted by Crippen LogP contribution is 2.33. The molecule has 2 rings (SSSR count). The van der Waals surface area contributed by atoms with Gasteiger partial charge in [0.05, 0.1) is 24.0 Å². The molecule has 0 fully saturated rings. The fraction of sp³-hybridized carbons (Fsp3) is 0.263. The molecule has 26 heavy (non-hydrogen) atoms. The predicted octanol–water partition coefficient (Wildman–Crippen LogP) is 3.45. The number of halogens is 1. The molecule has 0 unspecified atom stereocenters. The van der Waals surface area contributed by atoms with Crippen molar-refractivity contribution in [2.75, 3.05) is 20.8 Å². The van der Waals surface area contributed by atoms with E-state index in [0.717, 1.165) is 26.0 Å². The van der Waals surface area contributed by atoms with E-state index < -0.39 is 0 Å². The highest BCUT2D eigenvalue weighted by Gasteiger charge is 2.10. The Kier molecular flexibility index (Phi) is 7.26. The van der Waals surface area contributed by atoms with Crippen LogP contribution >= 0.6 is 22.6 Å². The number of hydrogen-bond acceptors (Lipinski definition) is 5. The molecular weight excluding hydrogens is 447 g/mol. The number of rotatable bonds is 7. The average Bonchev–Trinajstić information content (AvgIpc) is 2.60. The third-order valence-corrected chi connectivity index (χ3v) is 4.42. The summed E-state index contributed by atoms with van der Waals surface area (Å²) in [5, 5.41) is 3.97. The first kappa shape index (κ1) is 20.0. The minimum Gasteiger partial charge on any atom is -0.493 e. The summed E-state index contributed by atoms with van der Waals surface area (Å²) < 4.78 is 17.1. The number of hydrazone groups is 1. The Morgan fingerprint density at radius 1 is 1.15 bits per heavy atom. The summed E-state index contributed by atoms with van der Waals surface area (Å²) in [6, 6.07) is 9.50. The Morgan fingerprint density at radius 3 is 2.46 bits per heavy atom. The molecule has 7 heteroatoms. The third-order valence-electron chi connectivity index (χ3n) is 3.62. The summed E-state index contributed by atoms with van der Waals surface area (Å²) in [6.07, 6.45) is 1.54. The minimum absolute atomic E-state index is 0.105. The first-order valence-corrected chi connectivity index (χ1v) is 8.96. The lowest BCUT2D eigenvalue weighted by Crippen LogP contribution is -2.25.